The number of nitrogens with zero attached hydrogens (tertiary/aromatic N) is 3. The smallest absolute Gasteiger partial charge is 0.235 e. The molecule has 0 radical (unpaired) electrons. The molecule has 0 unspecified atom stereocenters. The SMILES string of the molecule is COc1nc2ccccc2nc1CCC(=O)N[C@H](C)c1nc(C)sc1C. The molecule has 0 saturated heterocycles. The summed E-state index contributed by atoms with van der Waals surface area (Å²) in [6.45, 7) is 5.95. The van der Waals surface area contributed by atoms with E-state index >= 15 is 0 Å². The van der Waals surface area contributed by atoms with Crippen LogP contribution in [0.15, 0.2) is 24.3 Å². The van der Waals surface area contributed by atoms with E-state index < -0.39 is 0 Å². The Labute approximate surface area is 156 Å². The van der Waals surface area contributed by atoms with Crippen molar-refractivity contribution in [1.82, 2.24) is 20.3 Å². The van der Waals surface area contributed by atoms with Crippen LogP contribution in [0.3, 0.4) is 0 Å². The number of aryl methyl sites for hydroxylation is 3. The van der Waals surface area contributed by atoms with Gasteiger partial charge in [-0.15, -0.1) is 11.3 Å². The van der Waals surface area contributed by atoms with Crippen molar-refractivity contribution in [3.63, 3.8) is 0 Å². The van der Waals surface area contributed by atoms with Crippen molar-refractivity contribution >= 4 is 28.3 Å². The number of nitrogens with one attached hydrogen (secondary N) is 1. The quantitative estimate of drug-likeness (QED) is 0.718. The zero-order chi connectivity index (χ0) is 18.7. The summed E-state index contributed by atoms with van der Waals surface area (Å²) < 4.78 is 5.34. The van der Waals surface area contributed by atoms with Crippen LogP contribution in [0, 0.1) is 13.8 Å². The molecule has 7 heteroatoms. The number of para-hydroxylation sites is 2. The first kappa shape index (κ1) is 18.3. The van der Waals surface area contributed by atoms with Crippen molar-refractivity contribution in [1.29, 1.82) is 0 Å². The van der Waals surface area contributed by atoms with Crippen molar-refractivity contribution in [2.45, 2.75) is 39.7 Å². The van der Waals surface area contributed by atoms with Crippen molar-refractivity contribution < 1.29 is 9.53 Å². The van der Waals surface area contributed by atoms with E-state index in [4.69, 9.17) is 4.74 Å². The molecule has 0 spiro atoms. The van der Waals surface area contributed by atoms with Gasteiger partial charge in [0.15, 0.2) is 0 Å². The van der Waals surface area contributed by atoms with Crippen LogP contribution in [-0.4, -0.2) is 28.0 Å². The van der Waals surface area contributed by atoms with Crippen LogP contribution in [0.25, 0.3) is 11.0 Å². The third-order valence-corrected chi connectivity index (χ3v) is 5.02. The molecule has 0 fully saturated rings. The van der Waals surface area contributed by atoms with Crippen LogP contribution in [0.4, 0.5) is 0 Å². The number of carbonyl (C=O) groups excluding carboxylic acids is 1. The number of hydrogen-bond acceptors (Lipinski definition) is 6. The van der Waals surface area contributed by atoms with E-state index in [2.05, 4.69) is 20.3 Å². The minimum atomic E-state index is -0.114. The molecule has 0 bridgehead atoms. The van der Waals surface area contributed by atoms with E-state index in [1.807, 2.05) is 45.0 Å². The molecule has 0 aliphatic heterocycles. The lowest BCUT2D eigenvalue weighted by molar-refractivity contribution is -0.121. The Hall–Kier alpha value is -2.54. The molecule has 1 amide bonds. The van der Waals surface area contributed by atoms with Gasteiger partial charge in [-0.3, -0.25) is 4.79 Å². The van der Waals surface area contributed by atoms with Gasteiger partial charge < -0.3 is 10.1 Å². The predicted molar refractivity (Wildman–Crippen MR) is 103 cm³/mol. The molecule has 0 aliphatic carbocycles. The highest BCUT2D eigenvalue weighted by atomic mass is 32.1. The Kier molecular flexibility index (Phi) is 5.46. The number of rotatable bonds is 6. The van der Waals surface area contributed by atoms with Gasteiger partial charge in [0.2, 0.25) is 11.8 Å². The fraction of sp³-hybridized carbons (Fsp3) is 0.368. The molecule has 136 valence electrons. The Bertz CT molecular complexity index is 938. The summed E-state index contributed by atoms with van der Waals surface area (Å²) in [5.41, 5.74) is 3.20. The third kappa shape index (κ3) is 3.99. The summed E-state index contributed by atoms with van der Waals surface area (Å²) in [5, 5.41) is 4.02. The number of amides is 1. The summed E-state index contributed by atoms with van der Waals surface area (Å²) in [6, 6.07) is 7.51. The second-order valence-electron chi connectivity index (χ2n) is 6.13. The lowest BCUT2D eigenvalue weighted by atomic mass is 10.1. The van der Waals surface area contributed by atoms with E-state index in [-0.39, 0.29) is 11.9 Å². The first-order valence-electron chi connectivity index (χ1n) is 8.51. The number of benzene rings is 1. The topological polar surface area (TPSA) is 77.0 Å². The van der Waals surface area contributed by atoms with Crippen molar-refractivity contribution in [2.24, 2.45) is 0 Å². The van der Waals surface area contributed by atoms with Gasteiger partial charge in [0.05, 0.1) is 34.9 Å². The summed E-state index contributed by atoms with van der Waals surface area (Å²) in [4.78, 5) is 27.1. The lowest BCUT2D eigenvalue weighted by Crippen LogP contribution is -2.27. The number of hydrogen-bond donors (Lipinski definition) is 1. The standard InChI is InChI=1S/C19H22N4O2S/c1-11(18-12(2)26-13(3)21-18)20-17(24)10-9-16-19(25-4)23-15-8-6-5-7-14(15)22-16/h5-8,11H,9-10H2,1-4H3,(H,20,24)/t11-/m1/s1. The highest BCUT2D eigenvalue weighted by molar-refractivity contribution is 7.11. The van der Waals surface area contributed by atoms with Gasteiger partial charge in [-0.05, 0) is 32.9 Å². The number of methoxy groups -OCH3 is 1. The fourth-order valence-corrected chi connectivity index (χ4v) is 3.82. The lowest BCUT2D eigenvalue weighted by Gasteiger charge is -2.13. The summed E-state index contributed by atoms with van der Waals surface area (Å²) >= 11 is 1.64. The Morgan fingerprint density at radius 3 is 2.50 bits per heavy atom. The molecule has 6 nitrogen and oxygen atoms in total. The summed E-state index contributed by atoms with van der Waals surface area (Å²) in [5.74, 6) is 0.426. The molecule has 3 aromatic rings. The molecule has 2 aromatic heterocycles. The number of carbonyl (C=O) groups is 1. The van der Waals surface area contributed by atoms with Crippen molar-refractivity contribution in [3.8, 4) is 5.88 Å². The van der Waals surface area contributed by atoms with Gasteiger partial charge in [0.1, 0.15) is 5.69 Å². The van der Waals surface area contributed by atoms with E-state index in [9.17, 15) is 4.79 Å². The summed E-state index contributed by atoms with van der Waals surface area (Å²) in [7, 11) is 1.57. The maximum absolute atomic E-state index is 12.4. The maximum Gasteiger partial charge on any atom is 0.235 e. The molecule has 3 rings (SSSR count). The first-order chi connectivity index (χ1) is 12.5. The normalized spacial score (nSPS) is 12.2. The predicted octanol–water partition coefficient (Wildman–Crippen LogP) is 3.52. The molecule has 1 N–H and O–H groups in total. The van der Waals surface area contributed by atoms with Gasteiger partial charge in [-0.2, -0.15) is 0 Å². The minimum Gasteiger partial charge on any atom is -0.480 e. The Morgan fingerprint density at radius 1 is 1.19 bits per heavy atom. The fourth-order valence-electron chi connectivity index (χ4n) is 2.91. The van der Waals surface area contributed by atoms with Crippen molar-refractivity contribution in [3.05, 3.63) is 45.5 Å². The summed E-state index contributed by atoms with van der Waals surface area (Å²) in [6.07, 6.45) is 0.782. The average molecular weight is 370 g/mol. The number of fused-ring (bicyclic) bond motifs is 1. The zero-order valence-corrected chi connectivity index (χ0v) is 16.2. The van der Waals surface area contributed by atoms with Crippen LogP contribution >= 0.6 is 11.3 Å². The largest absolute Gasteiger partial charge is 0.480 e. The van der Waals surface area contributed by atoms with Crippen molar-refractivity contribution in [2.75, 3.05) is 7.11 Å². The first-order valence-corrected chi connectivity index (χ1v) is 9.32. The van der Waals surface area contributed by atoms with Crippen LogP contribution < -0.4 is 10.1 Å². The number of thiazole rings is 1. The zero-order valence-electron chi connectivity index (χ0n) is 15.4. The molecule has 2 heterocycles. The molecular formula is C19H22N4O2S. The van der Waals surface area contributed by atoms with Gasteiger partial charge >= 0.3 is 0 Å². The van der Waals surface area contributed by atoms with Gasteiger partial charge in [-0.1, -0.05) is 12.1 Å². The van der Waals surface area contributed by atoms with E-state index in [0.717, 1.165) is 26.6 Å². The number of aromatic nitrogens is 3. The minimum absolute atomic E-state index is 0.0421. The van der Waals surface area contributed by atoms with Crippen LogP contribution in [0.1, 0.15) is 40.7 Å². The monoisotopic (exact) mass is 370 g/mol. The second-order valence-corrected chi connectivity index (χ2v) is 7.54. The van der Waals surface area contributed by atoms with Crippen LogP contribution in [-0.2, 0) is 11.2 Å². The third-order valence-electron chi connectivity index (χ3n) is 4.12. The maximum atomic E-state index is 12.4. The molecule has 26 heavy (non-hydrogen) atoms. The van der Waals surface area contributed by atoms with Crippen LogP contribution in [0.2, 0.25) is 0 Å². The second kappa shape index (κ2) is 7.78. The molecule has 0 saturated carbocycles. The van der Waals surface area contributed by atoms with E-state index in [1.54, 1.807) is 18.4 Å². The Morgan fingerprint density at radius 2 is 1.88 bits per heavy atom. The highest BCUT2D eigenvalue weighted by Gasteiger charge is 2.17. The van der Waals surface area contributed by atoms with E-state index in [0.29, 0.717) is 24.4 Å². The Balaban J connectivity index is 1.67. The van der Waals surface area contributed by atoms with Gasteiger partial charge in [0, 0.05) is 17.7 Å². The molecular weight excluding hydrogens is 348 g/mol. The highest BCUT2D eigenvalue weighted by Crippen LogP contribution is 2.23. The van der Waals surface area contributed by atoms with E-state index in [1.165, 1.54) is 0 Å². The molecule has 1 atom stereocenters. The van der Waals surface area contributed by atoms with Gasteiger partial charge in [-0.25, -0.2) is 15.0 Å². The van der Waals surface area contributed by atoms with Gasteiger partial charge in [0.25, 0.3) is 0 Å². The molecule has 1 aromatic carbocycles. The molecule has 0 aliphatic rings. The average Bonchev–Trinajstić information content (AvgIpc) is 2.97. The number of ether oxygens (including phenoxy) is 1. The van der Waals surface area contributed by atoms with Crippen LogP contribution in [0.5, 0.6) is 5.88 Å².